The minimum Gasteiger partial charge on any atom is -0.493 e. The summed E-state index contributed by atoms with van der Waals surface area (Å²) in [5.41, 5.74) is 2.38. The molecule has 0 aliphatic carbocycles. The standard InChI is InChI=1S/C19H22N2O4/c1-12-6-5-7-15(10-12)21-19(23)18(22)20-13(2)14-8-9-16(24-3)17(11-14)25-4/h5-11,13H,1-4H3,(H,20,22)(H,21,23). The number of aryl methyl sites for hydroxylation is 1. The molecule has 0 spiro atoms. The van der Waals surface area contributed by atoms with E-state index in [0.29, 0.717) is 17.2 Å². The van der Waals surface area contributed by atoms with E-state index in [4.69, 9.17) is 9.47 Å². The normalized spacial score (nSPS) is 11.4. The molecule has 0 aliphatic rings. The van der Waals surface area contributed by atoms with E-state index in [1.807, 2.05) is 25.1 Å². The summed E-state index contributed by atoms with van der Waals surface area (Å²) in [7, 11) is 3.10. The summed E-state index contributed by atoms with van der Waals surface area (Å²) >= 11 is 0. The first kappa shape index (κ1) is 18.3. The number of ether oxygens (including phenoxy) is 2. The maximum absolute atomic E-state index is 12.1. The van der Waals surface area contributed by atoms with Crippen molar-refractivity contribution in [1.29, 1.82) is 0 Å². The van der Waals surface area contributed by atoms with Crippen LogP contribution in [0.3, 0.4) is 0 Å². The fraction of sp³-hybridized carbons (Fsp3) is 0.263. The molecule has 0 fully saturated rings. The highest BCUT2D eigenvalue weighted by molar-refractivity contribution is 6.39. The first-order valence-electron chi connectivity index (χ1n) is 7.85. The highest BCUT2D eigenvalue weighted by Gasteiger charge is 2.18. The quantitative estimate of drug-likeness (QED) is 0.819. The topological polar surface area (TPSA) is 76.7 Å². The molecule has 0 heterocycles. The Morgan fingerprint density at radius 1 is 0.960 bits per heavy atom. The van der Waals surface area contributed by atoms with Crippen molar-refractivity contribution in [2.45, 2.75) is 19.9 Å². The van der Waals surface area contributed by atoms with Crippen molar-refractivity contribution in [3.8, 4) is 11.5 Å². The fourth-order valence-electron chi connectivity index (χ4n) is 2.38. The molecule has 1 atom stereocenters. The molecule has 132 valence electrons. The Morgan fingerprint density at radius 2 is 1.68 bits per heavy atom. The van der Waals surface area contributed by atoms with Crippen molar-refractivity contribution < 1.29 is 19.1 Å². The molecule has 0 aliphatic heterocycles. The Morgan fingerprint density at radius 3 is 2.32 bits per heavy atom. The van der Waals surface area contributed by atoms with Crippen LogP contribution in [-0.2, 0) is 9.59 Å². The highest BCUT2D eigenvalue weighted by Crippen LogP contribution is 2.29. The number of methoxy groups -OCH3 is 2. The second kappa shape index (κ2) is 8.19. The number of anilines is 1. The van der Waals surface area contributed by atoms with Gasteiger partial charge in [0.25, 0.3) is 0 Å². The average Bonchev–Trinajstić information content (AvgIpc) is 2.60. The summed E-state index contributed by atoms with van der Waals surface area (Å²) in [4.78, 5) is 24.2. The third kappa shape index (κ3) is 4.73. The van der Waals surface area contributed by atoms with Gasteiger partial charge in [0, 0.05) is 5.69 Å². The minimum absolute atomic E-state index is 0.365. The first-order valence-corrected chi connectivity index (χ1v) is 7.85. The van der Waals surface area contributed by atoms with Crippen LogP contribution in [0.25, 0.3) is 0 Å². The van der Waals surface area contributed by atoms with Crippen molar-refractivity contribution in [1.82, 2.24) is 5.32 Å². The molecule has 2 rings (SSSR count). The van der Waals surface area contributed by atoms with E-state index in [2.05, 4.69) is 10.6 Å². The molecule has 25 heavy (non-hydrogen) atoms. The van der Waals surface area contributed by atoms with Gasteiger partial charge in [0.2, 0.25) is 0 Å². The molecule has 0 saturated heterocycles. The summed E-state index contributed by atoms with van der Waals surface area (Å²) in [6.07, 6.45) is 0. The van der Waals surface area contributed by atoms with Crippen LogP contribution in [0.5, 0.6) is 11.5 Å². The maximum Gasteiger partial charge on any atom is 0.313 e. The molecule has 0 saturated carbocycles. The van der Waals surface area contributed by atoms with Gasteiger partial charge in [0.05, 0.1) is 20.3 Å². The highest BCUT2D eigenvalue weighted by atomic mass is 16.5. The second-order valence-corrected chi connectivity index (χ2v) is 5.63. The molecule has 1 unspecified atom stereocenters. The van der Waals surface area contributed by atoms with E-state index < -0.39 is 11.8 Å². The van der Waals surface area contributed by atoms with Crippen LogP contribution in [0.4, 0.5) is 5.69 Å². The number of carbonyl (C=O) groups excluding carboxylic acids is 2. The van der Waals surface area contributed by atoms with Crippen molar-refractivity contribution in [2.75, 3.05) is 19.5 Å². The van der Waals surface area contributed by atoms with Crippen LogP contribution >= 0.6 is 0 Å². The number of hydrogen-bond acceptors (Lipinski definition) is 4. The molecule has 2 amide bonds. The van der Waals surface area contributed by atoms with Gasteiger partial charge in [-0.3, -0.25) is 9.59 Å². The van der Waals surface area contributed by atoms with Gasteiger partial charge in [0.1, 0.15) is 0 Å². The van der Waals surface area contributed by atoms with Crippen molar-refractivity contribution >= 4 is 17.5 Å². The lowest BCUT2D eigenvalue weighted by Crippen LogP contribution is -2.36. The lowest BCUT2D eigenvalue weighted by Gasteiger charge is -2.16. The number of rotatable bonds is 5. The lowest BCUT2D eigenvalue weighted by atomic mass is 10.1. The smallest absolute Gasteiger partial charge is 0.313 e. The Kier molecular flexibility index (Phi) is 6.00. The third-order valence-electron chi connectivity index (χ3n) is 3.74. The van der Waals surface area contributed by atoms with Crippen LogP contribution in [0.1, 0.15) is 24.1 Å². The van der Waals surface area contributed by atoms with Gasteiger partial charge in [-0.05, 0) is 49.2 Å². The van der Waals surface area contributed by atoms with Gasteiger partial charge in [-0.15, -0.1) is 0 Å². The lowest BCUT2D eigenvalue weighted by molar-refractivity contribution is -0.136. The van der Waals surface area contributed by atoms with Crippen molar-refractivity contribution in [3.63, 3.8) is 0 Å². The molecule has 0 bridgehead atoms. The summed E-state index contributed by atoms with van der Waals surface area (Å²) in [5, 5.41) is 5.26. The summed E-state index contributed by atoms with van der Waals surface area (Å²) in [6.45, 7) is 3.70. The Bertz CT molecular complexity index is 774. The van der Waals surface area contributed by atoms with E-state index in [1.165, 1.54) is 0 Å². The van der Waals surface area contributed by atoms with E-state index in [1.54, 1.807) is 45.4 Å². The average molecular weight is 342 g/mol. The first-order chi connectivity index (χ1) is 11.9. The van der Waals surface area contributed by atoms with Crippen molar-refractivity contribution in [3.05, 3.63) is 53.6 Å². The SMILES string of the molecule is COc1ccc(C(C)NC(=O)C(=O)Nc2cccc(C)c2)cc1OC. The molecule has 2 aromatic rings. The Balaban J connectivity index is 2.03. The monoisotopic (exact) mass is 342 g/mol. The van der Waals surface area contributed by atoms with Crippen molar-refractivity contribution in [2.24, 2.45) is 0 Å². The third-order valence-corrected chi connectivity index (χ3v) is 3.74. The predicted octanol–water partition coefficient (Wildman–Crippen LogP) is 2.83. The van der Waals surface area contributed by atoms with E-state index in [9.17, 15) is 9.59 Å². The van der Waals surface area contributed by atoms with E-state index in [0.717, 1.165) is 11.1 Å². The van der Waals surface area contributed by atoms with Gasteiger partial charge in [-0.1, -0.05) is 18.2 Å². The zero-order chi connectivity index (χ0) is 18.4. The van der Waals surface area contributed by atoms with Crippen LogP contribution in [-0.4, -0.2) is 26.0 Å². The number of benzene rings is 2. The Hall–Kier alpha value is -3.02. The molecular weight excluding hydrogens is 320 g/mol. The predicted molar refractivity (Wildman–Crippen MR) is 95.9 cm³/mol. The van der Waals surface area contributed by atoms with Crippen LogP contribution in [0, 0.1) is 6.92 Å². The van der Waals surface area contributed by atoms with Gasteiger partial charge < -0.3 is 20.1 Å². The molecule has 0 radical (unpaired) electrons. The number of hydrogen-bond donors (Lipinski definition) is 2. The largest absolute Gasteiger partial charge is 0.493 e. The van der Waals surface area contributed by atoms with Crippen LogP contribution in [0.15, 0.2) is 42.5 Å². The van der Waals surface area contributed by atoms with E-state index in [-0.39, 0.29) is 6.04 Å². The fourth-order valence-corrected chi connectivity index (χ4v) is 2.38. The molecule has 2 N–H and O–H groups in total. The zero-order valence-electron chi connectivity index (χ0n) is 14.8. The summed E-state index contributed by atoms with van der Waals surface area (Å²) < 4.78 is 10.4. The molecule has 6 nitrogen and oxygen atoms in total. The molecular formula is C19H22N2O4. The van der Waals surface area contributed by atoms with Crippen LogP contribution in [0.2, 0.25) is 0 Å². The maximum atomic E-state index is 12.1. The van der Waals surface area contributed by atoms with Gasteiger partial charge >= 0.3 is 11.8 Å². The van der Waals surface area contributed by atoms with Gasteiger partial charge in [-0.25, -0.2) is 0 Å². The summed E-state index contributed by atoms with van der Waals surface area (Å²) in [5.74, 6) is -0.256. The Labute approximate surface area is 147 Å². The molecule has 2 aromatic carbocycles. The molecule has 0 aromatic heterocycles. The minimum atomic E-state index is -0.710. The second-order valence-electron chi connectivity index (χ2n) is 5.63. The van der Waals surface area contributed by atoms with Gasteiger partial charge in [-0.2, -0.15) is 0 Å². The summed E-state index contributed by atoms with van der Waals surface area (Å²) in [6, 6.07) is 12.2. The number of amides is 2. The number of carbonyl (C=O) groups is 2. The van der Waals surface area contributed by atoms with E-state index >= 15 is 0 Å². The zero-order valence-corrected chi connectivity index (χ0v) is 14.8. The number of nitrogens with one attached hydrogen (secondary N) is 2. The van der Waals surface area contributed by atoms with Gasteiger partial charge in [0.15, 0.2) is 11.5 Å². The van der Waals surface area contributed by atoms with Crippen LogP contribution < -0.4 is 20.1 Å². The molecule has 6 heteroatoms.